The Morgan fingerprint density at radius 1 is 0.964 bits per heavy atom. The maximum atomic E-state index is 5.91. The minimum atomic E-state index is 0.451. The minimum absolute atomic E-state index is 0.451. The molecule has 28 heavy (non-hydrogen) atoms. The molecule has 5 nitrogen and oxygen atoms in total. The highest BCUT2D eigenvalue weighted by Gasteiger charge is 2.19. The summed E-state index contributed by atoms with van der Waals surface area (Å²) in [7, 11) is 0. The predicted octanol–water partition coefficient (Wildman–Crippen LogP) is 4.88. The molecule has 1 atom stereocenters. The molecule has 2 aromatic heterocycles. The number of rotatable bonds is 4. The van der Waals surface area contributed by atoms with Crippen LogP contribution in [0.3, 0.4) is 0 Å². The van der Waals surface area contributed by atoms with Gasteiger partial charge in [0, 0.05) is 29.1 Å². The highest BCUT2D eigenvalue weighted by Crippen LogP contribution is 2.32. The van der Waals surface area contributed by atoms with Crippen molar-refractivity contribution in [3.8, 4) is 22.8 Å². The largest absolute Gasteiger partial charge is 0.457 e. The fourth-order valence-electron chi connectivity index (χ4n) is 3.80. The zero-order chi connectivity index (χ0) is 18.8. The van der Waals surface area contributed by atoms with Gasteiger partial charge >= 0.3 is 0 Å². The van der Waals surface area contributed by atoms with Crippen LogP contribution in [0.1, 0.15) is 24.5 Å². The molecular formula is C23H22N4O. The van der Waals surface area contributed by atoms with Crippen molar-refractivity contribution in [1.29, 1.82) is 0 Å². The van der Waals surface area contributed by atoms with Crippen LogP contribution in [0.2, 0.25) is 0 Å². The summed E-state index contributed by atoms with van der Waals surface area (Å²) in [4.78, 5) is 5.03. The molecule has 1 saturated heterocycles. The lowest BCUT2D eigenvalue weighted by molar-refractivity contribution is 0.455. The van der Waals surface area contributed by atoms with Crippen LogP contribution in [0.4, 0.5) is 0 Å². The standard InChI is InChI=1S/C23H22N4O/c1-2-6-19(7-3-1)28-20-10-8-16(9-11-20)22-23-18(15-25-27-23)13-21(26-22)17-5-4-12-24-14-17/h1-3,6-11,13,15,17,24H,4-5,12,14H2,(H,25,27). The topological polar surface area (TPSA) is 62.8 Å². The van der Waals surface area contributed by atoms with Crippen LogP contribution in [0, 0.1) is 0 Å². The Bertz CT molecular complexity index is 1070. The highest BCUT2D eigenvalue weighted by molar-refractivity contribution is 5.91. The van der Waals surface area contributed by atoms with Gasteiger partial charge < -0.3 is 10.1 Å². The summed E-state index contributed by atoms with van der Waals surface area (Å²) in [5.74, 6) is 2.09. The molecule has 0 amide bonds. The first-order valence-electron chi connectivity index (χ1n) is 9.75. The van der Waals surface area contributed by atoms with E-state index in [9.17, 15) is 0 Å². The maximum Gasteiger partial charge on any atom is 0.127 e. The van der Waals surface area contributed by atoms with Gasteiger partial charge in [-0.05, 0) is 61.9 Å². The van der Waals surface area contributed by atoms with Crippen LogP contribution < -0.4 is 10.1 Å². The second-order valence-corrected chi connectivity index (χ2v) is 7.21. The number of hydrogen-bond acceptors (Lipinski definition) is 4. The monoisotopic (exact) mass is 370 g/mol. The number of pyridine rings is 1. The molecule has 2 aromatic carbocycles. The number of nitrogens with one attached hydrogen (secondary N) is 2. The lowest BCUT2D eigenvalue weighted by atomic mass is 9.94. The number of aromatic nitrogens is 3. The van der Waals surface area contributed by atoms with Crippen molar-refractivity contribution < 1.29 is 4.74 Å². The van der Waals surface area contributed by atoms with Gasteiger partial charge in [0.05, 0.1) is 17.4 Å². The second kappa shape index (κ2) is 7.44. The first kappa shape index (κ1) is 17.0. The Morgan fingerprint density at radius 2 is 1.79 bits per heavy atom. The van der Waals surface area contributed by atoms with Crippen molar-refractivity contribution in [3.05, 3.63) is 72.6 Å². The summed E-state index contributed by atoms with van der Waals surface area (Å²) in [6.07, 6.45) is 4.25. The second-order valence-electron chi connectivity index (χ2n) is 7.21. The summed E-state index contributed by atoms with van der Waals surface area (Å²) in [5, 5.41) is 11.9. The van der Waals surface area contributed by atoms with Crippen LogP contribution in [-0.4, -0.2) is 28.3 Å². The molecule has 5 heteroatoms. The van der Waals surface area contributed by atoms with E-state index in [0.717, 1.165) is 52.4 Å². The van der Waals surface area contributed by atoms with E-state index in [1.807, 2.05) is 48.7 Å². The maximum absolute atomic E-state index is 5.91. The molecular weight excluding hydrogens is 348 g/mol. The van der Waals surface area contributed by atoms with Crippen LogP contribution in [0.15, 0.2) is 66.9 Å². The van der Waals surface area contributed by atoms with E-state index in [0.29, 0.717) is 5.92 Å². The number of nitrogens with zero attached hydrogens (tertiary/aromatic N) is 2. The van der Waals surface area contributed by atoms with E-state index >= 15 is 0 Å². The smallest absolute Gasteiger partial charge is 0.127 e. The Hall–Kier alpha value is -3.18. The summed E-state index contributed by atoms with van der Waals surface area (Å²) >= 11 is 0. The van der Waals surface area contributed by atoms with Crippen molar-refractivity contribution in [2.45, 2.75) is 18.8 Å². The Balaban J connectivity index is 1.48. The van der Waals surface area contributed by atoms with Gasteiger partial charge in [-0.2, -0.15) is 5.10 Å². The molecule has 0 spiro atoms. The first-order valence-corrected chi connectivity index (χ1v) is 9.75. The van der Waals surface area contributed by atoms with E-state index in [-0.39, 0.29) is 0 Å². The number of benzene rings is 2. The molecule has 5 rings (SSSR count). The quantitative estimate of drug-likeness (QED) is 0.537. The fourth-order valence-corrected chi connectivity index (χ4v) is 3.80. The molecule has 2 N–H and O–H groups in total. The van der Waals surface area contributed by atoms with E-state index in [2.05, 4.69) is 33.7 Å². The van der Waals surface area contributed by atoms with Crippen LogP contribution in [0.25, 0.3) is 22.2 Å². The van der Waals surface area contributed by atoms with E-state index in [4.69, 9.17) is 9.72 Å². The highest BCUT2D eigenvalue weighted by atomic mass is 16.5. The molecule has 0 aliphatic carbocycles. The van der Waals surface area contributed by atoms with Crippen LogP contribution in [0.5, 0.6) is 11.5 Å². The molecule has 3 heterocycles. The predicted molar refractivity (Wildman–Crippen MR) is 111 cm³/mol. The molecule has 1 aliphatic rings. The van der Waals surface area contributed by atoms with Crippen LogP contribution >= 0.6 is 0 Å². The molecule has 140 valence electrons. The number of piperidine rings is 1. The number of hydrogen-bond donors (Lipinski definition) is 2. The Kier molecular flexibility index (Phi) is 4.51. The number of para-hydroxylation sites is 1. The zero-order valence-corrected chi connectivity index (χ0v) is 15.6. The van der Waals surface area contributed by atoms with E-state index < -0.39 is 0 Å². The van der Waals surface area contributed by atoms with Crippen molar-refractivity contribution in [1.82, 2.24) is 20.5 Å². The van der Waals surface area contributed by atoms with Gasteiger partial charge in [-0.1, -0.05) is 18.2 Å². The normalized spacial score (nSPS) is 16.9. The fraction of sp³-hybridized carbons (Fsp3) is 0.217. The van der Waals surface area contributed by atoms with Gasteiger partial charge in [-0.15, -0.1) is 0 Å². The SMILES string of the molecule is c1ccc(Oc2ccc(-c3nc(C4CCCNC4)cc4cn[nH]c34)cc2)cc1. The number of fused-ring (bicyclic) bond motifs is 1. The third kappa shape index (κ3) is 3.37. The zero-order valence-electron chi connectivity index (χ0n) is 15.6. The third-order valence-electron chi connectivity index (χ3n) is 5.27. The van der Waals surface area contributed by atoms with Crippen molar-refractivity contribution in [2.75, 3.05) is 13.1 Å². The average molecular weight is 370 g/mol. The summed E-state index contributed by atoms with van der Waals surface area (Å²) in [5.41, 5.74) is 4.12. The molecule has 1 aliphatic heterocycles. The van der Waals surface area contributed by atoms with E-state index in [1.54, 1.807) is 0 Å². The summed E-state index contributed by atoms with van der Waals surface area (Å²) in [6, 6.07) is 20.1. The summed E-state index contributed by atoms with van der Waals surface area (Å²) in [6.45, 7) is 2.08. The van der Waals surface area contributed by atoms with Gasteiger partial charge in [0.1, 0.15) is 11.5 Å². The lowest BCUT2D eigenvalue weighted by Crippen LogP contribution is -2.28. The number of aromatic amines is 1. The Labute approximate surface area is 163 Å². The molecule has 0 bridgehead atoms. The number of H-pyrrole nitrogens is 1. The van der Waals surface area contributed by atoms with Crippen molar-refractivity contribution >= 4 is 10.9 Å². The summed E-state index contributed by atoms with van der Waals surface area (Å²) < 4.78 is 5.91. The lowest BCUT2D eigenvalue weighted by Gasteiger charge is -2.23. The van der Waals surface area contributed by atoms with Crippen LogP contribution in [-0.2, 0) is 0 Å². The van der Waals surface area contributed by atoms with Gasteiger partial charge in [0.15, 0.2) is 0 Å². The van der Waals surface area contributed by atoms with Crippen molar-refractivity contribution in [2.24, 2.45) is 0 Å². The molecule has 0 saturated carbocycles. The minimum Gasteiger partial charge on any atom is -0.457 e. The van der Waals surface area contributed by atoms with Gasteiger partial charge in [-0.25, -0.2) is 0 Å². The van der Waals surface area contributed by atoms with Crippen molar-refractivity contribution in [3.63, 3.8) is 0 Å². The molecule has 0 radical (unpaired) electrons. The third-order valence-corrected chi connectivity index (χ3v) is 5.27. The Morgan fingerprint density at radius 3 is 2.57 bits per heavy atom. The first-order chi connectivity index (χ1) is 13.9. The van der Waals surface area contributed by atoms with Gasteiger partial charge in [0.25, 0.3) is 0 Å². The molecule has 1 unspecified atom stereocenters. The number of ether oxygens (including phenoxy) is 1. The van der Waals surface area contributed by atoms with Gasteiger partial charge in [0.2, 0.25) is 0 Å². The average Bonchev–Trinajstić information content (AvgIpc) is 3.24. The van der Waals surface area contributed by atoms with Gasteiger partial charge in [-0.3, -0.25) is 10.1 Å². The molecule has 1 fully saturated rings. The molecule has 4 aromatic rings. The van der Waals surface area contributed by atoms with E-state index in [1.165, 1.54) is 12.8 Å².